The van der Waals surface area contributed by atoms with E-state index in [9.17, 15) is 0 Å². The number of oxime groups is 1. The SMILES string of the molecule is COc1cc(C=NO)cc(Cl)c1OCCOc1cccc(C)c1C. The summed E-state index contributed by atoms with van der Waals surface area (Å²) in [4.78, 5) is 0. The number of methoxy groups -OCH3 is 1. The van der Waals surface area contributed by atoms with E-state index in [4.69, 9.17) is 31.0 Å². The molecule has 128 valence electrons. The van der Waals surface area contributed by atoms with Crippen molar-refractivity contribution in [3.05, 3.63) is 52.0 Å². The highest BCUT2D eigenvalue weighted by atomic mass is 35.5. The molecule has 0 heterocycles. The minimum Gasteiger partial charge on any atom is -0.493 e. The van der Waals surface area contributed by atoms with Crippen molar-refractivity contribution in [3.63, 3.8) is 0 Å². The van der Waals surface area contributed by atoms with Crippen molar-refractivity contribution < 1.29 is 19.4 Å². The molecule has 2 rings (SSSR count). The quantitative estimate of drug-likeness (QED) is 0.351. The van der Waals surface area contributed by atoms with Gasteiger partial charge in [-0.15, -0.1) is 0 Å². The number of ether oxygens (including phenoxy) is 3. The van der Waals surface area contributed by atoms with Crippen molar-refractivity contribution in [2.45, 2.75) is 13.8 Å². The zero-order chi connectivity index (χ0) is 17.5. The topological polar surface area (TPSA) is 60.3 Å². The molecule has 0 unspecified atom stereocenters. The van der Waals surface area contributed by atoms with Gasteiger partial charge in [0, 0.05) is 5.56 Å². The average molecular weight is 350 g/mol. The zero-order valence-corrected chi connectivity index (χ0v) is 14.6. The van der Waals surface area contributed by atoms with Gasteiger partial charge in [-0.3, -0.25) is 0 Å². The Morgan fingerprint density at radius 2 is 1.88 bits per heavy atom. The van der Waals surface area contributed by atoms with Crippen LogP contribution in [0.5, 0.6) is 17.2 Å². The molecule has 0 fully saturated rings. The number of aryl methyl sites for hydroxylation is 1. The first kappa shape index (κ1) is 17.9. The van der Waals surface area contributed by atoms with Gasteiger partial charge in [0.15, 0.2) is 11.5 Å². The van der Waals surface area contributed by atoms with Crippen molar-refractivity contribution >= 4 is 17.8 Å². The largest absolute Gasteiger partial charge is 0.493 e. The third-order valence-corrected chi connectivity index (χ3v) is 3.88. The third kappa shape index (κ3) is 4.32. The van der Waals surface area contributed by atoms with Crippen molar-refractivity contribution in [2.75, 3.05) is 20.3 Å². The molecule has 0 atom stereocenters. The predicted octanol–water partition coefficient (Wildman–Crippen LogP) is 4.23. The molecule has 0 saturated heterocycles. The van der Waals surface area contributed by atoms with E-state index in [1.54, 1.807) is 12.1 Å². The average Bonchev–Trinajstić information content (AvgIpc) is 2.56. The molecule has 0 aliphatic rings. The van der Waals surface area contributed by atoms with Gasteiger partial charge in [0.2, 0.25) is 0 Å². The second-order valence-corrected chi connectivity index (χ2v) is 5.58. The van der Waals surface area contributed by atoms with Crippen LogP contribution in [0.25, 0.3) is 0 Å². The van der Waals surface area contributed by atoms with Crippen molar-refractivity contribution in [1.82, 2.24) is 0 Å². The van der Waals surface area contributed by atoms with Crippen LogP contribution in [0.15, 0.2) is 35.5 Å². The molecule has 0 aliphatic carbocycles. The number of nitrogens with zero attached hydrogens (tertiary/aromatic N) is 1. The molecule has 0 aromatic heterocycles. The molecule has 2 aromatic carbocycles. The first-order chi connectivity index (χ1) is 11.6. The van der Waals surface area contributed by atoms with Crippen LogP contribution >= 0.6 is 11.6 Å². The highest BCUT2D eigenvalue weighted by Gasteiger charge is 2.12. The van der Waals surface area contributed by atoms with Crippen LogP contribution in [-0.2, 0) is 0 Å². The van der Waals surface area contributed by atoms with E-state index in [1.807, 2.05) is 32.0 Å². The predicted molar refractivity (Wildman–Crippen MR) is 94.3 cm³/mol. The van der Waals surface area contributed by atoms with Crippen LogP contribution in [0.2, 0.25) is 5.02 Å². The van der Waals surface area contributed by atoms with E-state index < -0.39 is 0 Å². The molecule has 0 aliphatic heterocycles. The maximum atomic E-state index is 8.60. The Labute approximate surface area is 146 Å². The highest BCUT2D eigenvalue weighted by Crippen LogP contribution is 2.36. The summed E-state index contributed by atoms with van der Waals surface area (Å²) in [7, 11) is 1.52. The molecule has 0 amide bonds. The Morgan fingerprint density at radius 1 is 1.12 bits per heavy atom. The Kier molecular flexibility index (Phi) is 6.32. The van der Waals surface area contributed by atoms with Gasteiger partial charge in [-0.2, -0.15) is 0 Å². The summed E-state index contributed by atoms with van der Waals surface area (Å²) in [5.74, 6) is 1.73. The highest BCUT2D eigenvalue weighted by molar-refractivity contribution is 6.32. The van der Waals surface area contributed by atoms with Crippen LogP contribution in [0.4, 0.5) is 0 Å². The van der Waals surface area contributed by atoms with Gasteiger partial charge >= 0.3 is 0 Å². The van der Waals surface area contributed by atoms with Gasteiger partial charge in [0.25, 0.3) is 0 Å². The lowest BCUT2D eigenvalue weighted by Crippen LogP contribution is -2.10. The molecule has 1 N–H and O–H groups in total. The van der Waals surface area contributed by atoms with Gasteiger partial charge in [-0.25, -0.2) is 0 Å². The minimum atomic E-state index is 0.316. The van der Waals surface area contributed by atoms with Gasteiger partial charge in [-0.05, 0) is 43.2 Å². The van der Waals surface area contributed by atoms with Gasteiger partial charge < -0.3 is 19.4 Å². The van der Waals surface area contributed by atoms with Gasteiger partial charge in [0.05, 0.1) is 18.3 Å². The van der Waals surface area contributed by atoms with Crippen molar-refractivity contribution in [3.8, 4) is 17.2 Å². The molecule has 0 spiro atoms. The molecule has 2 aromatic rings. The lowest BCUT2D eigenvalue weighted by atomic mass is 10.1. The van der Waals surface area contributed by atoms with Crippen molar-refractivity contribution in [1.29, 1.82) is 0 Å². The van der Waals surface area contributed by atoms with Crippen LogP contribution in [0.1, 0.15) is 16.7 Å². The Morgan fingerprint density at radius 3 is 2.58 bits per heavy atom. The lowest BCUT2D eigenvalue weighted by Gasteiger charge is -2.14. The van der Waals surface area contributed by atoms with E-state index in [0.29, 0.717) is 35.3 Å². The molecule has 0 saturated carbocycles. The van der Waals surface area contributed by atoms with Crippen LogP contribution in [0, 0.1) is 13.8 Å². The maximum absolute atomic E-state index is 8.60. The first-order valence-corrected chi connectivity index (χ1v) is 7.81. The summed E-state index contributed by atoms with van der Waals surface area (Å²) in [6, 6.07) is 9.23. The fraction of sp³-hybridized carbons (Fsp3) is 0.278. The zero-order valence-electron chi connectivity index (χ0n) is 13.9. The fourth-order valence-corrected chi connectivity index (χ4v) is 2.47. The molecule has 24 heavy (non-hydrogen) atoms. The number of halogens is 1. The van der Waals surface area contributed by atoms with Crippen molar-refractivity contribution in [2.24, 2.45) is 5.16 Å². The third-order valence-electron chi connectivity index (χ3n) is 3.60. The maximum Gasteiger partial charge on any atom is 0.179 e. The first-order valence-electron chi connectivity index (χ1n) is 7.43. The monoisotopic (exact) mass is 349 g/mol. The van der Waals surface area contributed by atoms with E-state index in [-0.39, 0.29) is 0 Å². The number of hydrogen-bond acceptors (Lipinski definition) is 5. The minimum absolute atomic E-state index is 0.316. The standard InChI is InChI=1S/C18H20ClNO4/c1-12-5-4-6-16(13(12)2)23-7-8-24-18-15(19)9-14(11-20-21)10-17(18)22-3/h4-6,9-11,21H,7-8H2,1-3H3. The Hall–Kier alpha value is -2.40. The summed E-state index contributed by atoms with van der Waals surface area (Å²) < 4.78 is 16.7. The number of benzene rings is 2. The molecular weight excluding hydrogens is 330 g/mol. The number of rotatable bonds is 7. The molecule has 0 bridgehead atoms. The summed E-state index contributed by atoms with van der Waals surface area (Å²) in [5, 5.41) is 12.0. The smallest absolute Gasteiger partial charge is 0.179 e. The van der Waals surface area contributed by atoms with Crippen LogP contribution < -0.4 is 14.2 Å². The lowest BCUT2D eigenvalue weighted by molar-refractivity contribution is 0.210. The van der Waals surface area contributed by atoms with E-state index in [1.165, 1.54) is 18.9 Å². The molecule has 6 heteroatoms. The summed E-state index contributed by atoms with van der Waals surface area (Å²) >= 11 is 6.20. The van der Waals surface area contributed by atoms with E-state index in [2.05, 4.69) is 5.16 Å². The summed E-state index contributed by atoms with van der Waals surface area (Å²) in [5.41, 5.74) is 2.90. The normalized spacial score (nSPS) is 10.8. The summed E-state index contributed by atoms with van der Waals surface area (Å²) in [6.07, 6.45) is 1.27. The van der Waals surface area contributed by atoms with Gasteiger partial charge in [0.1, 0.15) is 19.0 Å². The summed E-state index contributed by atoms with van der Waals surface area (Å²) in [6.45, 7) is 4.76. The number of hydrogen-bond donors (Lipinski definition) is 1. The van der Waals surface area contributed by atoms with Gasteiger partial charge in [-0.1, -0.05) is 28.9 Å². The second kappa shape index (κ2) is 8.45. The molecule has 5 nitrogen and oxygen atoms in total. The van der Waals surface area contributed by atoms with E-state index in [0.717, 1.165) is 11.3 Å². The Balaban J connectivity index is 2.00. The fourth-order valence-electron chi connectivity index (χ4n) is 2.20. The Bertz CT molecular complexity index is 731. The molecular formula is C18H20ClNO4. The van der Waals surface area contributed by atoms with E-state index >= 15 is 0 Å². The molecule has 0 radical (unpaired) electrons. The van der Waals surface area contributed by atoms with Crippen LogP contribution in [0.3, 0.4) is 0 Å². The second-order valence-electron chi connectivity index (χ2n) is 5.17. The van der Waals surface area contributed by atoms with Crippen LogP contribution in [-0.4, -0.2) is 31.7 Å².